The van der Waals surface area contributed by atoms with Gasteiger partial charge in [0, 0.05) is 5.69 Å². The van der Waals surface area contributed by atoms with E-state index in [2.05, 4.69) is 5.32 Å². The fraction of sp³-hybridized carbons (Fsp3) is 0.0769. The molecule has 4 N–H and O–H groups in total. The first-order valence-electron chi connectivity index (χ1n) is 5.15. The van der Waals surface area contributed by atoms with Crippen LogP contribution in [0.3, 0.4) is 0 Å². The summed E-state index contributed by atoms with van der Waals surface area (Å²) in [6, 6.07) is 10.4. The Kier molecular flexibility index (Phi) is 2.78. The van der Waals surface area contributed by atoms with Crippen molar-refractivity contribution in [1.82, 2.24) is 0 Å². The molecule has 0 radical (unpaired) electrons. The third-order valence-corrected chi connectivity index (χ3v) is 2.46. The van der Waals surface area contributed by atoms with Crippen molar-refractivity contribution in [1.29, 1.82) is 0 Å². The van der Waals surface area contributed by atoms with Gasteiger partial charge in [0.2, 0.25) is 5.75 Å². The van der Waals surface area contributed by atoms with Gasteiger partial charge in [-0.15, -0.1) is 0 Å². The first-order valence-corrected chi connectivity index (χ1v) is 5.15. The van der Waals surface area contributed by atoms with Crippen LogP contribution in [0.1, 0.15) is 5.56 Å². The summed E-state index contributed by atoms with van der Waals surface area (Å²) in [5.41, 5.74) is 2.26. The first kappa shape index (κ1) is 11.1. The van der Waals surface area contributed by atoms with Crippen LogP contribution in [-0.4, -0.2) is 15.3 Å². The number of hydrogen-bond acceptors (Lipinski definition) is 4. The molecule has 0 bridgehead atoms. The topological polar surface area (TPSA) is 72.7 Å². The van der Waals surface area contributed by atoms with E-state index in [0.29, 0.717) is 5.69 Å². The maximum absolute atomic E-state index is 9.62. The minimum Gasteiger partial charge on any atom is -0.504 e. The second kappa shape index (κ2) is 4.25. The SMILES string of the molecule is Cc1ccc(Nc2ccc(O)c(O)c2O)cc1. The molecule has 0 aliphatic carbocycles. The quantitative estimate of drug-likeness (QED) is 0.473. The standard InChI is InChI=1S/C13H13NO3/c1-8-2-4-9(5-3-8)14-10-6-7-11(15)13(17)12(10)16/h2-7,14-17H,1H3. The summed E-state index contributed by atoms with van der Waals surface area (Å²) >= 11 is 0. The van der Waals surface area contributed by atoms with Crippen molar-refractivity contribution >= 4 is 11.4 Å². The van der Waals surface area contributed by atoms with Crippen molar-refractivity contribution in [2.24, 2.45) is 0 Å². The lowest BCUT2D eigenvalue weighted by atomic mass is 10.2. The van der Waals surface area contributed by atoms with Gasteiger partial charge in [-0.25, -0.2) is 0 Å². The van der Waals surface area contributed by atoms with E-state index in [1.54, 1.807) is 0 Å². The van der Waals surface area contributed by atoms with Gasteiger partial charge in [-0.2, -0.15) is 0 Å². The Labute approximate surface area is 98.8 Å². The molecule has 0 aromatic heterocycles. The van der Waals surface area contributed by atoms with Crippen LogP contribution >= 0.6 is 0 Å². The van der Waals surface area contributed by atoms with Gasteiger partial charge in [0.1, 0.15) is 0 Å². The Morgan fingerprint density at radius 1 is 0.824 bits per heavy atom. The second-order valence-electron chi connectivity index (χ2n) is 3.82. The highest BCUT2D eigenvalue weighted by atomic mass is 16.3. The summed E-state index contributed by atoms with van der Waals surface area (Å²) in [7, 11) is 0. The summed E-state index contributed by atoms with van der Waals surface area (Å²) < 4.78 is 0. The Hall–Kier alpha value is -2.36. The minimum atomic E-state index is -0.526. The first-order chi connectivity index (χ1) is 8.08. The molecule has 4 nitrogen and oxygen atoms in total. The zero-order chi connectivity index (χ0) is 12.4. The molecule has 0 fully saturated rings. The van der Waals surface area contributed by atoms with E-state index in [4.69, 9.17) is 0 Å². The van der Waals surface area contributed by atoms with E-state index in [0.717, 1.165) is 11.3 Å². The molecule has 0 saturated carbocycles. The number of aryl methyl sites for hydroxylation is 1. The Morgan fingerprint density at radius 2 is 1.47 bits per heavy atom. The van der Waals surface area contributed by atoms with Gasteiger partial charge >= 0.3 is 0 Å². The van der Waals surface area contributed by atoms with Crippen molar-refractivity contribution in [2.45, 2.75) is 6.92 Å². The lowest BCUT2D eigenvalue weighted by molar-refractivity contribution is 0.369. The number of phenols is 3. The van der Waals surface area contributed by atoms with E-state index in [9.17, 15) is 15.3 Å². The van der Waals surface area contributed by atoms with Crippen molar-refractivity contribution in [2.75, 3.05) is 5.32 Å². The fourth-order valence-corrected chi connectivity index (χ4v) is 1.46. The molecule has 4 heteroatoms. The van der Waals surface area contributed by atoms with Crippen molar-refractivity contribution in [3.63, 3.8) is 0 Å². The predicted octanol–water partition coefficient (Wildman–Crippen LogP) is 2.86. The summed E-state index contributed by atoms with van der Waals surface area (Å²) in [6.45, 7) is 1.98. The molecule has 2 rings (SSSR count). The lowest BCUT2D eigenvalue weighted by Gasteiger charge is -2.10. The highest BCUT2D eigenvalue weighted by Crippen LogP contribution is 2.41. The number of phenolic OH excluding ortho intramolecular Hbond substituents is 3. The number of anilines is 2. The molecule has 2 aromatic rings. The number of benzene rings is 2. The largest absolute Gasteiger partial charge is 0.504 e. The van der Waals surface area contributed by atoms with Crippen molar-refractivity contribution < 1.29 is 15.3 Å². The highest BCUT2D eigenvalue weighted by molar-refractivity contribution is 5.71. The molecule has 0 aliphatic heterocycles. The molecular weight excluding hydrogens is 218 g/mol. The molecule has 17 heavy (non-hydrogen) atoms. The van der Waals surface area contributed by atoms with E-state index in [1.165, 1.54) is 12.1 Å². The van der Waals surface area contributed by atoms with Gasteiger partial charge in [0.05, 0.1) is 5.69 Å². The molecule has 0 aliphatic rings. The van der Waals surface area contributed by atoms with Gasteiger partial charge in [-0.05, 0) is 31.2 Å². The molecule has 2 aromatic carbocycles. The van der Waals surface area contributed by atoms with Gasteiger partial charge in [-0.3, -0.25) is 0 Å². The maximum atomic E-state index is 9.62. The average molecular weight is 231 g/mol. The van der Waals surface area contributed by atoms with E-state index in [1.807, 2.05) is 31.2 Å². The predicted molar refractivity (Wildman–Crippen MR) is 65.9 cm³/mol. The number of aromatic hydroxyl groups is 3. The van der Waals surface area contributed by atoms with Gasteiger partial charge in [0.15, 0.2) is 11.5 Å². The third-order valence-electron chi connectivity index (χ3n) is 2.46. The van der Waals surface area contributed by atoms with Gasteiger partial charge in [0.25, 0.3) is 0 Å². The average Bonchev–Trinajstić information content (AvgIpc) is 2.33. The van der Waals surface area contributed by atoms with Crippen molar-refractivity contribution in [3.05, 3.63) is 42.0 Å². The number of rotatable bonds is 2. The summed E-state index contributed by atoms with van der Waals surface area (Å²) in [4.78, 5) is 0. The summed E-state index contributed by atoms with van der Waals surface area (Å²) in [6.07, 6.45) is 0. The second-order valence-corrected chi connectivity index (χ2v) is 3.82. The van der Waals surface area contributed by atoms with Crippen LogP contribution in [0, 0.1) is 6.92 Å². The smallest absolute Gasteiger partial charge is 0.202 e. The Morgan fingerprint density at radius 3 is 2.12 bits per heavy atom. The fourth-order valence-electron chi connectivity index (χ4n) is 1.46. The molecular formula is C13H13NO3. The van der Waals surface area contributed by atoms with Crippen LogP contribution in [0.25, 0.3) is 0 Å². The zero-order valence-electron chi connectivity index (χ0n) is 9.31. The zero-order valence-corrected chi connectivity index (χ0v) is 9.31. The van der Waals surface area contributed by atoms with Crippen LogP contribution in [0.4, 0.5) is 11.4 Å². The molecule has 0 spiro atoms. The molecule has 0 saturated heterocycles. The molecule has 88 valence electrons. The van der Waals surface area contributed by atoms with E-state index in [-0.39, 0.29) is 11.5 Å². The highest BCUT2D eigenvalue weighted by Gasteiger charge is 2.10. The van der Waals surface area contributed by atoms with E-state index >= 15 is 0 Å². The molecule has 0 unspecified atom stereocenters. The normalized spacial score (nSPS) is 10.2. The number of nitrogens with one attached hydrogen (secondary N) is 1. The minimum absolute atomic E-state index is 0.337. The van der Waals surface area contributed by atoms with Crippen LogP contribution in [0.15, 0.2) is 36.4 Å². The van der Waals surface area contributed by atoms with Crippen LogP contribution in [0.5, 0.6) is 17.2 Å². The van der Waals surface area contributed by atoms with Gasteiger partial charge < -0.3 is 20.6 Å². The van der Waals surface area contributed by atoms with Crippen molar-refractivity contribution in [3.8, 4) is 17.2 Å². The van der Waals surface area contributed by atoms with Crippen LogP contribution < -0.4 is 5.32 Å². The Bertz CT molecular complexity index is 535. The summed E-state index contributed by atoms with van der Waals surface area (Å²) in [5, 5.41) is 31.1. The molecule has 0 amide bonds. The molecule has 0 heterocycles. The summed E-state index contributed by atoms with van der Waals surface area (Å²) in [5.74, 6) is -1.25. The van der Waals surface area contributed by atoms with Crippen LogP contribution in [0.2, 0.25) is 0 Å². The Balaban J connectivity index is 2.30. The monoisotopic (exact) mass is 231 g/mol. The third kappa shape index (κ3) is 2.25. The lowest BCUT2D eigenvalue weighted by Crippen LogP contribution is -1.90. The number of hydrogen-bond donors (Lipinski definition) is 4. The molecule has 0 atom stereocenters. The maximum Gasteiger partial charge on any atom is 0.202 e. The van der Waals surface area contributed by atoms with Gasteiger partial charge in [-0.1, -0.05) is 17.7 Å². The van der Waals surface area contributed by atoms with Crippen LogP contribution in [-0.2, 0) is 0 Å². The van der Waals surface area contributed by atoms with E-state index < -0.39 is 5.75 Å².